The van der Waals surface area contributed by atoms with Crippen LogP contribution in [0.4, 0.5) is 15.8 Å². The summed E-state index contributed by atoms with van der Waals surface area (Å²) >= 11 is 0. The van der Waals surface area contributed by atoms with Crippen molar-refractivity contribution in [2.24, 2.45) is 0 Å². The van der Waals surface area contributed by atoms with Crippen molar-refractivity contribution < 1.29 is 28.5 Å². The fraction of sp³-hybridized carbons (Fsp3) is 0.278. The molecular weight excluding hydrogens is 357 g/mol. The Morgan fingerprint density at radius 1 is 1.19 bits per heavy atom. The number of hydrogen-bond donors (Lipinski definition) is 2. The fourth-order valence-electron chi connectivity index (χ4n) is 2.60. The molecule has 0 aliphatic carbocycles. The van der Waals surface area contributed by atoms with Crippen LogP contribution >= 0.6 is 0 Å². The van der Waals surface area contributed by atoms with Crippen LogP contribution in [-0.2, 0) is 11.3 Å². The van der Waals surface area contributed by atoms with Crippen molar-refractivity contribution in [3.8, 4) is 11.5 Å². The smallest absolute Gasteiger partial charge is 0.279 e. The van der Waals surface area contributed by atoms with Crippen molar-refractivity contribution >= 4 is 17.3 Å². The van der Waals surface area contributed by atoms with Crippen molar-refractivity contribution in [1.82, 2.24) is 0 Å². The number of methoxy groups -OCH3 is 2. The van der Waals surface area contributed by atoms with Gasteiger partial charge in [-0.1, -0.05) is 0 Å². The van der Waals surface area contributed by atoms with Crippen LogP contribution in [0, 0.1) is 15.9 Å². The Kier molecular flexibility index (Phi) is 6.67. The highest BCUT2D eigenvalue weighted by Gasteiger charge is 2.16. The lowest BCUT2D eigenvalue weighted by Crippen LogP contribution is -3.08. The normalized spacial score (nSPS) is 11.6. The van der Waals surface area contributed by atoms with Gasteiger partial charge in [0.2, 0.25) is 0 Å². The van der Waals surface area contributed by atoms with E-state index in [0.717, 1.165) is 10.5 Å². The van der Waals surface area contributed by atoms with Crippen molar-refractivity contribution in [2.75, 3.05) is 33.1 Å². The Hall–Kier alpha value is -3.20. The van der Waals surface area contributed by atoms with E-state index in [9.17, 15) is 19.3 Å². The van der Waals surface area contributed by atoms with E-state index < -0.39 is 10.7 Å². The maximum atomic E-state index is 13.7. The Morgan fingerprint density at radius 3 is 2.48 bits per heavy atom. The highest BCUT2D eigenvalue weighted by atomic mass is 19.1. The van der Waals surface area contributed by atoms with E-state index in [1.54, 1.807) is 19.2 Å². The van der Waals surface area contributed by atoms with Crippen molar-refractivity contribution in [1.29, 1.82) is 0 Å². The summed E-state index contributed by atoms with van der Waals surface area (Å²) in [6, 6.07) is 8.60. The first kappa shape index (κ1) is 20.1. The molecule has 0 heterocycles. The van der Waals surface area contributed by atoms with Crippen LogP contribution in [0.5, 0.6) is 11.5 Å². The van der Waals surface area contributed by atoms with Gasteiger partial charge in [-0.05, 0) is 24.3 Å². The number of likely N-dealkylation sites (N-methyl/N-ethyl adjacent to an activating group) is 1. The monoisotopic (exact) mass is 378 g/mol. The molecule has 0 saturated heterocycles. The zero-order chi connectivity index (χ0) is 20.0. The van der Waals surface area contributed by atoms with Gasteiger partial charge in [0.05, 0.1) is 37.9 Å². The minimum absolute atomic E-state index is 0.119. The number of quaternary nitrogens is 1. The van der Waals surface area contributed by atoms with E-state index in [1.807, 2.05) is 0 Å². The van der Waals surface area contributed by atoms with Gasteiger partial charge >= 0.3 is 0 Å². The molecule has 1 unspecified atom stereocenters. The molecule has 0 aromatic heterocycles. The number of nitrogens with one attached hydrogen (secondary N) is 2. The average molecular weight is 378 g/mol. The molecule has 0 radical (unpaired) electrons. The van der Waals surface area contributed by atoms with Gasteiger partial charge in [-0.25, -0.2) is 4.39 Å². The number of rotatable bonds is 8. The quantitative estimate of drug-likeness (QED) is 0.535. The maximum absolute atomic E-state index is 13.7. The Bertz CT molecular complexity index is 844. The summed E-state index contributed by atoms with van der Waals surface area (Å²) in [5, 5.41) is 13.5. The minimum atomic E-state index is -0.542. The predicted molar refractivity (Wildman–Crippen MR) is 96.7 cm³/mol. The minimum Gasteiger partial charge on any atom is -0.494 e. The molecular formula is C18H21FN3O5+. The Labute approximate surface area is 155 Å². The lowest BCUT2D eigenvalue weighted by atomic mass is 10.2. The molecule has 27 heavy (non-hydrogen) atoms. The van der Waals surface area contributed by atoms with Crippen LogP contribution in [0.1, 0.15) is 5.56 Å². The van der Waals surface area contributed by atoms with E-state index in [4.69, 9.17) is 9.47 Å². The summed E-state index contributed by atoms with van der Waals surface area (Å²) in [5.74, 6) is -0.386. The molecule has 2 rings (SSSR count). The number of amides is 1. The van der Waals surface area contributed by atoms with Gasteiger partial charge in [0.1, 0.15) is 12.3 Å². The Balaban J connectivity index is 1.98. The summed E-state index contributed by atoms with van der Waals surface area (Å²) < 4.78 is 23.7. The third-order valence-corrected chi connectivity index (χ3v) is 3.85. The van der Waals surface area contributed by atoms with Gasteiger partial charge in [0.15, 0.2) is 18.1 Å². The van der Waals surface area contributed by atoms with Gasteiger partial charge in [-0.15, -0.1) is 0 Å². The maximum Gasteiger partial charge on any atom is 0.279 e. The van der Waals surface area contributed by atoms with E-state index >= 15 is 0 Å². The second kappa shape index (κ2) is 8.95. The van der Waals surface area contributed by atoms with Gasteiger partial charge in [0.25, 0.3) is 11.6 Å². The molecule has 0 saturated carbocycles. The van der Waals surface area contributed by atoms with Crippen LogP contribution < -0.4 is 19.7 Å². The van der Waals surface area contributed by atoms with Crippen molar-refractivity contribution in [2.45, 2.75) is 6.54 Å². The standard InChI is InChI=1S/C18H20FN3O5/c1-21(10-12-4-7-16(26-2)14(19)8-12)11-18(23)20-15-6-5-13(22(24)25)9-17(15)27-3/h4-9H,10-11H2,1-3H3,(H,20,23)/p+1. The third-order valence-electron chi connectivity index (χ3n) is 3.85. The number of nitrogens with zero attached hydrogens (tertiary/aromatic N) is 1. The number of anilines is 1. The molecule has 2 aromatic carbocycles. The van der Waals surface area contributed by atoms with Crippen LogP contribution in [0.25, 0.3) is 0 Å². The summed E-state index contributed by atoms with van der Waals surface area (Å²) in [6.45, 7) is 0.555. The molecule has 1 amide bonds. The number of benzene rings is 2. The molecule has 2 aromatic rings. The molecule has 1 atom stereocenters. The van der Waals surface area contributed by atoms with E-state index in [0.29, 0.717) is 12.2 Å². The van der Waals surface area contributed by atoms with Crippen molar-refractivity contribution in [3.05, 3.63) is 57.9 Å². The van der Waals surface area contributed by atoms with Crippen LogP contribution in [0.15, 0.2) is 36.4 Å². The topological polar surface area (TPSA) is 95.1 Å². The zero-order valence-corrected chi connectivity index (χ0v) is 15.2. The predicted octanol–water partition coefficient (Wildman–Crippen LogP) is 1.40. The molecule has 9 heteroatoms. The number of hydrogen-bond acceptors (Lipinski definition) is 5. The summed E-state index contributed by atoms with van der Waals surface area (Å²) in [6.07, 6.45) is 0. The molecule has 0 fully saturated rings. The second-order valence-corrected chi connectivity index (χ2v) is 5.97. The highest BCUT2D eigenvalue weighted by Crippen LogP contribution is 2.28. The van der Waals surface area contributed by atoms with Crippen LogP contribution in [0.2, 0.25) is 0 Å². The SMILES string of the molecule is COc1ccc(C[NH+](C)CC(=O)Nc2ccc([N+](=O)[O-])cc2OC)cc1F. The molecule has 2 N–H and O–H groups in total. The first-order chi connectivity index (χ1) is 12.8. The summed E-state index contributed by atoms with van der Waals surface area (Å²) in [7, 11) is 4.56. The van der Waals surface area contributed by atoms with E-state index in [2.05, 4.69) is 5.32 Å². The van der Waals surface area contributed by atoms with E-state index in [1.165, 1.54) is 38.5 Å². The Morgan fingerprint density at radius 2 is 1.89 bits per heavy atom. The van der Waals surface area contributed by atoms with Gasteiger partial charge in [0, 0.05) is 11.6 Å². The van der Waals surface area contributed by atoms with Crippen molar-refractivity contribution in [3.63, 3.8) is 0 Å². The first-order valence-electron chi connectivity index (χ1n) is 8.10. The second-order valence-electron chi connectivity index (χ2n) is 5.97. The van der Waals surface area contributed by atoms with Gasteiger partial charge < -0.3 is 19.7 Å². The number of carbonyl (C=O) groups excluding carboxylic acids is 1. The molecule has 144 valence electrons. The number of ether oxygens (including phenoxy) is 2. The number of nitro benzene ring substituents is 1. The summed E-state index contributed by atoms with van der Waals surface area (Å²) in [5.41, 5.74) is 0.942. The zero-order valence-electron chi connectivity index (χ0n) is 15.2. The lowest BCUT2D eigenvalue weighted by molar-refractivity contribution is -0.885. The number of non-ortho nitro benzene ring substituents is 1. The summed E-state index contributed by atoms with van der Waals surface area (Å²) in [4.78, 5) is 23.4. The molecule has 0 aliphatic rings. The van der Waals surface area contributed by atoms with E-state index in [-0.39, 0.29) is 29.6 Å². The average Bonchev–Trinajstić information content (AvgIpc) is 2.61. The largest absolute Gasteiger partial charge is 0.494 e. The third kappa shape index (κ3) is 5.38. The number of carbonyl (C=O) groups is 1. The molecule has 0 aliphatic heterocycles. The molecule has 0 spiro atoms. The number of halogens is 1. The first-order valence-corrected chi connectivity index (χ1v) is 8.10. The van der Waals surface area contributed by atoms with Gasteiger partial charge in [-0.3, -0.25) is 14.9 Å². The number of nitro groups is 1. The lowest BCUT2D eigenvalue weighted by Gasteiger charge is -2.15. The highest BCUT2D eigenvalue weighted by molar-refractivity contribution is 5.93. The fourth-order valence-corrected chi connectivity index (χ4v) is 2.60. The van der Waals surface area contributed by atoms with Crippen LogP contribution in [-0.4, -0.2) is 38.6 Å². The van der Waals surface area contributed by atoms with Crippen LogP contribution in [0.3, 0.4) is 0 Å². The molecule has 0 bridgehead atoms. The van der Waals surface area contributed by atoms with Gasteiger partial charge in [-0.2, -0.15) is 0 Å². The molecule has 8 nitrogen and oxygen atoms in total.